The fraction of sp³-hybridized carbons (Fsp3) is 0.750. The van der Waals surface area contributed by atoms with E-state index < -0.39 is 0 Å². The van der Waals surface area contributed by atoms with E-state index in [0.29, 0.717) is 0 Å². The van der Waals surface area contributed by atoms with Crippen LogP contribution in [0.1, 0.15) is 268 Å². The third-order valence-corrected chi connectivity index (χ3v) is 13.2. The number of fused-ring (bicyclic) bond motifs is 2. The standard InChI is InChI=1S/C56H94/c1-7-13-19-25-31-37-47-43-53-51(41-35-29-23-17-11-5)55-45-49(39-33-27-21-15-9-3)50(40-34-28-22-16-10-4)46-56(55)52(42-36-30-24-18-12-6)54(53)44-48(47)38-32-26-20-14-8-2/h43-46H,7-42H2,1-6H3. The molecule has 3 aromatic rings. The third-order valence-electron chi connectivity index (χ3n) is 13.2. The molecule has 0 unspecified atom stereocenters. The molecule has 0 amide bonds. The molecule has 3 rings (SSSR count). The second-order valence-corrected chi connectivity index (χ2v) is 18.3. The van der Waals surface area contributed by atoms with E-state index in [1.807, 2.05) is 0 Å². The van der Waals surface area contributed by atoms with E-state index in [9.17, 15) is 0 Å². The Bertz CT molecular complexity index is 1220. The summed E-state index contributed by atoms with van der Waals surface area (Å²) in [4.78, 5) is 0. The summed E-state index contributed by atoms with van der Waals surface area (Å²) >= 11 is 0. The van der Waals surface area contributed by atoms with Crippen molar-refractivity contribution in [3.63, 3.8) is 0 Å². The zero-order valence-corrected chi connectivity index (χ0v) is 38.8. The van der Waals surface area contributed by atoms with Gasteiger partial charge in [0.15, 0.2) is 0 Å². The molecule has 0 fully saturated rings. The van der Waals surface area contributed by atoms with Crippen molar-refractivity contribution in [3.05, 3.63) is 57.6 Å². The van der Waals surface area contributed by atoms with Crippen LogP contribution >= 0.6 is 0 Å². The average molecular weight is 767 g/mol. The smallest absolute Gasteiger partial charge is 0.0140 e. The summed E-state index contributed by atoms with van der Waals surface area (Å²) in [5.41, 5.74) is 10.2. The minimum absolute atomic E-state index is 1.24. The van der Waals surface area contributed by atoms with Crippen LogP contribution in [-0.2, 0) is 38.5 Å². The summed E-state index contributed by atoms with van der Waals surface area (Å²) in [6.07, 6.45) is 48.5. The normalized spacial score (nSPS) is 11.8. The molecule has 0 bridgehead atoms. The van der Waals surface area contributed by atoms with E-state index in [-0.39, 0.29) is 0 Å². The lowest BCUT2D eigenvalue weighted by Gasteiger charge is -2.23. The Morgan fingerprint density at radius 1 is 0.214 bits per heavy atom. The maximum Gasteiger partial charge on any atom is -0.0140 e. The van der Waals surface area contributed by atoms with Gasteiger partial charge in [0, 0.05) is 0 Å². The van der Waals surface area contributed by atoms with Crippen molar-refractivity contribution < 1.29 is 0 Å². The van der Waals surface area contributed by atoms with Crippen molar-refractivity contribution in [3.8, 4) is 0 Å². The molecule has 0 N–H and O–H groups in total. The van der Waals surface area contributed by atoms with Gasteiger partial charge in [-0.3, -0.25) is 0 Å². The first-order valence-electron chi connectivity index (χ1n) is 25.7. The zero-order chi connectivity index (χ0) is 40.1. The summed E-state index contributed by atoms with van der Waals surface area (Å²) in [6, 6.07) is 11.2. The quantitative estimate of drug-likeness (QED) is 0.0408. The Morgan fingerprint density at radius 2 is 0.393 bits per heavy atom. The molecular weight excluding hydrogens is 673 g/mol. The first-order chi connectivity index (χ1) is 27.6. The van der Waals surface area contributed by atoms with Crippen molar-refractivity contribution in [2.75, 3.05) is 0 Å². The summed E-state index contributed by atoms with van der Waals surface area (Å²) < 4.78 is 0. The van der Waals surface area contributed by atoms with E-state index in [1.54, 1.807) is 54.9 Å². The molecule has 0 aliphatic carbocycles. The first-order valence-corrected chi connectivity index (χ1v) is 25.7. The maximum atomic E-state index is 2.80. The number of aryl methyl sites for hydroxylation is 6. The highest BCUT2D eigenvalue weighted by Crippen LogP contribution is 2.39. The first kappa shape index (κ1) is 48.5. The predicted molar refractivity (Wildman–Crippen MR) is 256 cm³/mol. The number of hydrogen-bond acceptors (Lipinski definition) is 0. The molecule has 0 spiro atoms. The van der Waals surface area contributed by atoms with Gasteiger partial charge in [0.25, 0.3) is 0 Å². The lowest BCUT2D eigenvalue weighted by molar-refractivity contribution is 0.620. The van der Waals surface area contributed by atoms with Crippen LogP contribution in [0.5, 0.6) is 0 Å². The molecule has 56 heavy (non-hydrogen) atoms. The van der Waals surface area contributed by atoms with Crippen molar-refractivity contribution >= 4 is 21.5 Å². The van der Waals surface area contributed by atoms with Gasteiger partial charge in [0.05, 0.1) is 0 Å². The molecule has 3 aromatic carbocycles. The molecule has 0 aliphatic heterocycles. The van der Waals surface area contributed by atoms with E-state index in [2.05, 4.69) is 65.8 Å². The Kier molecular flexibility index (Phi) is 27.0. The molecular formula is C56H94. The van der Waals surface area contributed by atoms with Crippen LogP contribution in [0.2, 0.25) is 0 Å². The molecule has 0 radical (unpaired) electrons. The molecule has 0 nitrogen and oxygen atoms in total. The van der Waals surface area contributed by atoms with Gasteiger partial charge >= 0.3 is 0 Å². The molecule has 0 aromatic heterocycles. The summed E-state index contributed by atoms with van der Waals surface area (Å²) in [7, 11) is 0. The van der Waals surface area contributed by atoms with Crippen molar-refractivity contribution in [1.29, 1.82) is 0 Å². The Labute approximate surface area is 350 Å². The lowest BCUT2D eigenvalue weighted by Crippen LogP contribution is -2.04. The second-order valence-electron chi connectivity index (χ2n) is 18.3. The highest BCUT2D eigenvalue weighted by molar-refractivity contribution is 6.07. The van der Waals surface area contributed by atoms with E-state index >= 15 is 0 Å². The largest absolute Gasteiger partial charge is 0.0654 e. The molecule has 0 saturated carbocycles. The van der Waals surface area contributed by atoms with Gasteiger partial charge in [0.1, 0.15) is 0 Å². The highest BCUT2D eigenvalue weighted by atomic mass is 14.2. The SMILES string of the molecule is CCCCCCCc1cc2c(CCCCCCC)c3cc(CCCCCCC)c(CCCCCCC)cc3c(CCCCCCC)c2cc1CCCCCCC. The second kappa shape index (κ2) is 31.1. The van der Waals surface area contributed by atoms with Gasteiger partial charge in [-0.15, -0.1) is 0 Å². The average Bonchev–Trinajstić information content (AvgIpc) is 3.21. The van der Waals surface area contributed by atoms with E-state index in [4.69, 9.17) is 0 Å². The lowest BCUT2D eigenvalue weighted by atomic mass is 9.82. The summed E-state index contributed by atoms with van der Waals surface area (Å²) in [5, 5.41) is 6.60. The third kappa shape index (κ3) is 17.6. The molecule has 0 heteroatoms. The predicted octanol–water partition coefficient (Wildman–Crippen LogP) is 19.1. The van der Waals surface area contributed by atoms with Gasteiger partial charge in [0.2, 0.25) is 0 Å². The van der Waals surface area contributed by atoms with Gasteiger partial charge in [-0.25, -0.2) is 0 Å². The van der Waals surface area contributed by atoms with Gasteiger partial charge < -0.3 is 0 Å². The topological polar surface area (TPSA) is 0 Å². The Hall–Kier alpha value is -1.82. The van der Waals surface area contributed by atoms with Crippen LogP contribution in [-0.4, -0.2) is 0 Å². The van der Waals surface area contributed by atoms with E-state index in [0.717, 1.165) is 0 Å². The highest BCUT2D eigenvalue weighted by Gasteiger charge is 2.19. The number of unbranched alkanes of at least 4 members (excludes halogenated alkanes) is 24. The molecule has 0 heterocycles. The molecule has 0 aliphatic rings. The maximum absolute atomic E-state index is 2.80. The van der Waals surface area contributed by atoms with Crippen LogP contribution in [0, 0.1) is 0 Å². The van der Waals surface area contributed by atoms with Gasteiger partial charge in [-0.05, 0) is 132 Å². The van der Waals surface area contributed by atoms with Crippen LogP contribution in [0.3, 0.4) is 0 Å². The number of benzene rings is 3. The molecule has 318 valence electrons. The van der Waals surface area contributed by atoms with Gasteiger partial charge in [-0.2, -0.15) is 0 Å². The minimum atomic E-state index is 1.24. The fourth-order valence-electron chi connectivity index (χ4n) is 9.62. The van der Waals surface area contributed by atoms with Crippen molar-refractivity contribution in [1.82, 2.24) is 0 Å². The van der Waals surface area contributed by atoms with Gasteiger partial charge in [-0.1, -0.05) is 220 Å². The van der Waals surface area contributed by atoms with Crippen LogP contribution in [0.4, 0.5) is 0 Å². The van der Waals surface area contributed by atoms with Crippen LogP contribution < -0.4 is 0 Å². The van der Waals surface area contributed by atoms with Crippen LogP contribution in [0.25, 0.3) is 21.5 Å². The fourth-order valence-corrected chi connectivity index (χ4v) is 9.62. The van der Waals surface area contributed by atoms with Crippen LogP contribution in [0.15, 0.2) is 24.3 Å². The summed E-state index contributed by atoms with van der Waals surface area (Å²) in [5.74, 6) is 0. The summed E-state index contributed by atoms with van der Waals surface area (Å²) in [6.45, 7) is 14.1. The Morgan fingerprint density at radius 3 is 0.589 bits per heavy atom. The van der Waals surface area contributed by atoms with Crippen molar-refractivity contribution in [2.24, 2.45) is 0 Å². The van der Waals surface area contributed by atoms with E-state index in [1.165, 1.54) is 231 Å². The zero-order valence-electron chi connectivity index (χ0n) is 38.8. The Balaban J connectivity index is 2.26. The number of hydrogen-bond donors (Lipinski definition) is 0. The molecule has 0 atom stereocenters. The molecule has 0 saturated heterocycles. The monoisotopic (exact) mass is 767 g/mol. The minimum Gasteiger partial charge on any atom is -0.0654 e. The van der Waals surface area contributed by atoms with Crippen molar-refractivity contribution in [2.45, 2.75) is 273 Å². The number of rotatable bonds is 36.